The molecule has 0 bridgehead atoms. The van der Waals surface area contributed by atoms with Gasteiger partial charge in [-0.15, -0.1) is 0 Å². The van der Waals surface area contributed by atoms with E-state index >= 15 is 0 Å². The Bertz CT molecular complexity index is 751. The number of hydrogen-bond acceptors (Lipinski definition) is 0. The Hall–Kier alpha value is -0.790. The molecule has 0 N–H and O–H groups in total. The van der Waals surface area contributed by atoms with Gasteiger partial charge in [-0.3, -0.25) is 0 Å². The van der Waals surface area contributed by atoms with Crippen LogP contribution in [0.2, 0.25) is 0 Å². The Kier molecular flexibility index (Phi) is 36.3. The molecule has 2 heteroatoms. The fourth-order valence-corrected chi connectivity index (χ4v) is 7.92. The largest absolute Gasteiger partial charge is 0.256 e. The zero-order chi connectivity index (χ0) is 35.1. The second-order valence-corrected chi connectivity index (χ2v) is 16.2. The fourth-order valence-electron chi connectivity index (χ4n) is 7.92. The third-order valence-electron chi connectivity index (χ3n) is 11.3. The molecule has 49 heavy (non-hydrogen) atoms. The molecule has 1 heterocycles. The van der Waals surface area contributed by atoms with Gasteiger partial charge in [-0.2, -0.15) is 0 Å². The molecular formula is C47H93N2+. The van der Waals surface area contributed by atoms with Gasteiger partial charge in [0.2, 0.25) is 0 Å². The zero-order valence-electron chi connectivity index (χ0n) is 34.5. The molecule has 0 aliphatic heterocycles. The van der Waals surface area contributed by atoms with Crippen molar-refractivity contribution in [2.24, 2.45) is 0 Å². The van der Waals surface area contributed by atoms with Gasteiger partial charge in [-0.1, -0.05) is 233 Å². The monoisotopic (exact) mass is 686 g/mol. The first kappa shape index (κ1) is 46.2. The van der Waals surface area contributed by atoms with Crippen molar-refractivity contribution < 1.29 is 4.57 Å². The van der Waals surface area contributed by atoms with Crippen LogP contribution in [0.1, 0.15) is 271 Å². The maximum atomic E-state index is 2.65. The molecule has 0 spiro atoms. The quantitative estimate of drug-likeness (QED) is 0.0479. The van der Waals surface area contributed by atoms with Gasteiger partial charge in [-0.05, 0) is 32.1 Å². The molecule has 0 saturated carbocycles. The molecular weight excluding hydrogens is 593 g/mol. The van der Waals surface area contributed by atoms with Crippen molar-refractivity contribution in [1.82, 2.24) is 4.57 Å². The van der Waals surface area contributed by atoms with Gasteiger partial charge in [0.05, 0.1) is 13.1 Å². The Morgan fingerprint density at radius 1 is 0.347 bits per heavy atom. The van der Waals surface area contributed by atoms with Crippen LogP contribution >= 0.6 is 0 Å². The molecule has 0 aromatic carbocycles. The van der Waals surface area contributed by atoms with Crippen LogP contribution in [0.3, 0.4) is 0 Å². The summed E-state index contributed by atoms with van der Waals surface area (Å²) in [6, 6.07) is 0. The molecule has 0 saturated heterocycles. The lowest BCUT2D eigenvalue weighted by molar-refractivity contribution is -0.704. The van der Waals surface area contributed by atoms with E-state index in [1.54, 1.807) is 5.82 Å². The maximum Gasteiger partial charge on any atom is 0.256 e. The van der Waals surface area contributed by atoms with Gasteiger partial charge in [0, 0.05) is 6.42 Å². The first-order valence-corrected chi connectivity index (χ1v) is 23.4. The van der Waals surface area contributed by atoms with Gasteiger partial charge >= 0.3 is 0 Å². The van der Waals surface area contributed by atoms with Crippen LogP contribution < -0.4 is 4.57 Å². The van der Waals surface area contributed by atoms with E-state index in [0.717, 1.165) is 0 Å². The highest BCUT2D eigenvalue weighted by molar-refractivity contribution is 4.84. The Morgan fingerprint density at radius 3 is 0.980 bits per heavy atom. The first-order valence-electron chi connectivity index (χ1n) is 23.4. The highest BCUT2D eigenvalue weighted by Gasteiger charge is 2.16. The summed E-state index contributed by atoms with van der Waals surface area (Å²) in [6.45, 7) is 9.41. The number of aromatic nitrogens is 2. The van der Waals surface area contributed by atoms with E-state index in [2.05, 4.69) is 42.3 Å². The number of aryl methyl sites for hydroxylation is 2. The SMILES string of the molecule is CCCCCCCCCCCCCCCCCn1cc[n+](CCCCCCCCCCCCCCC)c1CCCCCCCCCCCC. The standard InChI is InChI=1S/C47H93N2/c1-4-7-10-13-16-19-22-24-25-27-29-32-35-38-41-44-49-46-45-48(47(49)42-39-36-33-30-21-18-15-12-9-6-3)43-40-37-34-31-28-26-23-20-17-14-11-8-5-2/h45-46H,4-44H2,1-3H3/q+1. The minimum atomic E-state index is 1.23. The predicted octanol–water partition coefficient (Wildman–Crippen LogP) is 16.2. The molecule has 1 rings (SSSR count). The second-order valence-electron chi connectivity index (χ2n) is 16.2. The van der Waals surface area contributed by atoms with Crippen molar-refractivity contribution in [2.45, 2.75) is 284 Å². The summed E-state index contributed by atoms with van der Waals surface area (Å²) in [6.07, 6.45) is 60.8. The second kappa shape index (κ2) is 38.4. The lowest BCUT2D eigenvalue weighted by atomic mass is 10.0. The summed E-state index contributed by atoms with van der Waals surface area (Å²) in [7, 11) is 0. The van der Waals surface area contributed by atoms with E-state index in [0.29, 0.717) is 0 Å². The van der Waals surface area contributed by atoms with Crippen LogP contribution in [0.25, 0.3) is 0 Å². The van der Waals surface area contributed by atoms with Crippen LogP contribution in [0.4, 0.5) is 0 Å². The molecule has 0 unspecified atom stereocenters. The van der Waals surface area contributed by atoms with E-state index in [1.165, 1.54) is 264 Å². The third kappa shape index (κ3) is 30.5. The molecule has 0 atom stereocenters. The van der Waals surface area contributed by atoms with Crippen LogP contribution in [0.5, 0.6) is 0 Å². The van der Waals surface area contributed by atoms with E-state index in [9.17, 15) is 0 Å². The van der Waals surface area contributed by atoms with Gasteiger partial charge in [-0.25, -0.2) is 9.13 Å². The molecule has 0 amide bonds. The average Bonchev–Trinajstić information content (AvgIpc) is 3.50. The fraction of sp³-hybridized carbons (Fsp3) is 0.936. The molecule has 0 aliphatic rings. The predicted molar refractivity (Wildman–Crippen MR) is 221 cm³/mol. The summed E-state index contributed by atoms with van der Waals surface area (Å²) in [5.41, 5.74) is 0. The summed E-state index contributed by atoms with van der Waals surface area (Å²) in [5.74, 6) is 1.63. The number of unbranched alkanes of at least 4 members (excludes halogenated alkanes) is 35. The Morgan fingerprint density at radius 2 is 0.633 bits per heavy atom. The molecule has 2 nitrogen and oxygen atoms in total. The highest BCUT2D eigenvalue weighted by atomic mass is 15.1. The lowest BCUT2D eigenvalue weighted by Crippen LogP contribution is -2.37. The summed E-state index contributed by atoms with van der Waals surface area (Å²) in [4.78, 5) is 0. The summed E-state index contributed by atoms with van der Waals surface area (Å²) < 4.78 is 5.30. The first-order chi connectivity index (χ1) is 24.3. The van der Waals surface area contributed by atoms with Crippen LogP contribution in [0, 0.1) is 0 Å². The van der Waals surface area contributed by atoms with Crippen molar-refractivity contribution in [2.75, 3.05) is 0 Å². The van der Waals surface area contributed by atoms with E-state index in [-0.39, 0.29) is 0 Å². The Balaban J connectivity index is 2.25. The molecule has 1 aromatic heterocycles. The molecule has 0 aliphatic carbocycles. The van der Waals surface area contributed by atoms with E-state index in [4.69, 9.17) is 0 Å². The summed E-state index contributed by atoms with van der Waals surface area (Å²) in [5, 5.41) is 0. The maximum absolute atomic E-state index is 2.65. The van der Waals surface area contributed by atoms with Crippen LogP contribution in [-0.2, 0) is 19.5 Å². The minimum absolute atomic E-state index is 1.23. The number of nitrogens with zero attached hydrogens (tertiary/aromatic N) is 2. The van der Waals surface area contributed by atoms with Gasteiger partial charge in [0.1, 0.15) is 12.4 Å². The highest BCUT2D eigenvalue weighted by Crippen LogP contribution is 2.16. The van der Waals surface area contributed by atoms with Crippen molar-refractivity contribution in [1.29, 1.82) is 0 Å². The lowest BCUT2D eigenvalue weighted by Gasteiger charge is -2.07. The zero-order valence-corrected chi connectivity index (χ0v) is 34.5. The van der Waals surface area contributed by atoms with Gasteiger partial charge in [0.25, 0.3) is 5.82 Å². The van der Waals surface area contributed by atoms with Crippen molar-refractivity contribution in [3.05, 3.63) is 18.2 Å². The van der Waals surface area contributed by atoms with Crippen molar-refractivity contribution in [3.8, 4) is 0 Å². The van der Waals surface area contributed by atoms with Crippen LogP contribution in [0.15, 0.2) is 12.4 Å². The molecule has 0 radical (unpaired) electrons. The smallest absolute Gasteiger partial charge is 0.234 e. The molecule has 290 valence electrons. The van der Waals surface area contributed by atoms with Gasteiger partial charge in [0.15, 0.2) is 0 Å². The van der Waals surface area contributed by atoms with E-state index < -0.39 is 0 Å². The topological polar surface area (TPSA) is 8.81 Å². The van der Waals surface area contributed by atoms with Gasteiger partial charge < -0.3 is 0 Å². The average molecular weight is 686 g/mol. The minimum Gasteiger partial charge on any atom is -0.234 e. The molecule has 0 fully saturated rings. The van der Waals surface area contributed by atoms with Crippen molar-refractivity contribution in [3.63, 3.8) is 0 Å². The molecule has 1 aromatic rings. The summed E-state index contributed by atoms with van der Waals surface area (Å²) >= 11 is 0. The Labute approximate surface area is 310 Å². The third-order valence-corrected chi connectivity index (χ3v) is 11.3. The number of hydrogen-bond donors (Lipinski definition) is 0. The van der Waals surface area contributed by atoms with E-state index in [1.807, 2.05) is 0 Å². The van der Waals surface area contributed by atoms with Crippen molar-refractivity contribution >= 4 is 0 Å². The van der Waals surface area contributed by atoms with Crippen LogP contribution in [-0.4, -0.2) is 4.57 Å². The number of imidazole rings is 1. The normalized spacial score (nSPS) is 11.7. The number of rotatable bonds is 41.